The first-order valence-corrected chi connectivity index (χ1v) is 14.6. The summed E-state index contributed by atoms with van der Waals surface area (Å²) in [6.07, 6.45) is 1.45. The van der Waals surface area contributed by atoms with Crippen LogP contribution >= 0.6 is 0 Å². The van der Waals surface area contributed by atoms with Gasteiger partial charge < -0.3 is 14.9 Å². The average Bonchev–Trinajstić information content (AvgIpc) is 3.35. The van der Waals surface area contributed by atoms with Gasteiger partial charge in [-0.3, -0.25) is 4.90 Å². The number of aromatic nitrogens is 2. The SMILES string of the molecule is O=C(O)[C@@H]1[C@@H]2CC[C@@H](CN1C(=O)N(c1ccccc1)c1ccccc1)N(c1nc(-c3ccccc3)c3ccccc3n1)C2. The Morgan fingerprint density at radius 2 is 1.33 bits per heavy atom. The van der Waals surface area contributed by atoms with E-state index in [4.69, 9.17) is 9.97 Å². The molecule has 1 N–H and O–H groups in total. The smallest absolute Gasteiger partial charge is 0.329 e. The fourth-order valence-electron chi connectivity index (χ4n) is 6.54. The van der Waals surface area contributed by atoms with Crippen LogP contribution in [0.5, 0.6) is 0 Å². The molecule has 2 bridgehead atoms. The Hall–Kier alpha value is -5.24. The number of amides is 2. The van der Waals surface area contributed by atoms with Gasteiger partial charge in [-0.15, -0.1) is 0 Å². The van der Waals surface area contributed by atoms with Crippen molar-refractivity contribution in [3.63, 3.8) is 0 Å². The van der Waals surface area contributed by atoms with Gasteiger partial charge in [-0.05, 0) is 43.2 Å². The lowest BCUT2D eigenvalue weighted by Crippen LogP contribution is -2.52. The second kappa shape index (κ2) is 11.2. The van der Waals surface area contributed by atoms with E-state index in [1.54, 1.807) is 9.80 Å². The minimum Gasteiger partial charge on any atom is -0.480 e. The van der Waals surface area contributed by atoms with Gasteiger partial charge >= 0.3 is 12.0 Å². The van der Waals surface area contributed by atoms with Gasteiger partial charge in [0, 0.05) is 36.0 Å². The van der Waals surface area contributed by atoms with Crippen LogP contribution in [0.1, 0.15) is 12.8 Å². The molecule has 0 radical (unpaired) electrons. The van der Waals surface area contributed by atoms with E-state index in [-0.39, 0.29) is 24.5 Å². The number of aliphatic carboxylic acids is 1. The van der Waals surface area contributed by atoms with Gasteiger partial charge in [-0.1, -0.05) is 84.9 Å². The van der Waals surface area contributed by atoms with E-state index in [1.165, 1.54) is 0 Å². The van der Waals surface area contributed by atoms with Crippen LogP contribution in [0.15, 0.2) is 115 Å². The number of urea groups is 1. The molecule has 2 amide bonds. The van der Waals surface area contributed by atoms with Crippen molar-refractivity contribution in [3.05, 3.63) is 115 Å². The minimum atomic E-state index is -0.994. The van der Waals surface area contributed by atoms with Crippen LogP contribution in [0, 0.1) is 5.92 Å². The lowest BCUT2D eigenvalue weighted by Gasteiger charge is -2.36. The summed E-state index contributed by atoms with van der Waals surface area (Å²) in [5.74, 6) is -0.719. The fraction of sp³-hybridized carbons (Fsp3) is 0.200. The molecule has 8 rings (SSSR count). The first-order chi connectivity index (χ1) is 21.1. The predicted octanol–water partition coefficient (Wildman–Crippen LogP) is 6.61. The Balaban J connectivity index is 1.30. The summed E-state index contributed by atoms with van der Waals surface area (Å²) in [4.78, 5) is 42.7. The monoisotopic (exact) mass is 569 g/mol. The Kier molecular flexibility index (Phi) is 6.95. The highest BCUT2D eigenvalue weighted by molar-refractivity contribution is 6.01. The molecule has 3 aliphatic heterocycles. The highest BCUT2D eigenvalue weighted by Gasteiger charge is 2.48. The van der Waals surface area contributed by atoms with Gasteiger partial charge in [0.15, 0.2) is 0 Å². The van der Waals surface area contributed by atoms with Crippen LogP contribution < -0.4 is 9.80 Å². The first-order valence-electron chi connectivity index (χ1n) is 14.6. The number of carbonyl (C=O) groups excluding carboxylic acids is 1. The quantitative estimate of drug-likeness (QED) is 0.256. The van der Waals surface area contributed by atoms with Crippen molar-refractivity contribution in [2.75, 3.05) is 22.9 Å². The van der Waals surface area contributed by atoms with Crippen LogP contribution in [0.25, 0.3) is 22.2 Å². The average molecular weight is 570 g/mol. The summed E-state index contributed by atoms with van der Waals surface area (Å²) in [6, 6.07) is 35.3. The number of hydrogen-bond donors (Lipinski definition) is 1. The van der Waals surface area contributed by atoms with E-state index in [0.29, 0.717) is 30.3 Å². The van der Waals surface area contributed by atoms with Crippen LogP contribution in [-0.2, 0) is 4.79 Å². The number of nitrogens with zero attached hydrogens (tertiary/aromatic N) is 5. The van der Waals surface area contributed by atoms with Crippen molar-refractivity contribution in [2.24, 2.45) is 5.92 Å². The summed E-state index contributed by atoms with van der Waals surface area (Å²) in [7, 11) is 0. The summed E-state index contributed by atoms with van der Waals surface area (Å²) in [5, 5.41) is 11.5. The largest absolute Gasteiger partial charge is 0.480 e. The maximum atomic E-state index is 14.5. The van der Waals surface area contributed by atoms with Gasteiger partial charge in [-0.25, -0.2) is 19.6 Å². The Morgan fingerprint density at radius 3 is 1.98 bits per heavy atom. The van der Waals surface area contributed by atoms with Crippen molar-refractivity contribution in [1.82, 2.24) is 14.9 Å². The summed E-state index contributed by atoms with van der Waals surface area (Å²) in [5.41, 5.74) is 4.02. The number of anilines is 3. The molecule has 3 saturated heterocycles. The maximum Gasteiger partial charge on any atom is 0.329 e. The zero-order valence-corrected chi connectivity index (χ0v) is 23.5. The Labute approximate surface area is 249 Å². The number of hydrogen-bond acceptors (Lipinski definition) is 5. The number of fused-ring (bicyclic) bond motifs is 5. The molecule has 0 saturated carbocycles. The maximum absolute atomic E-state index is 14.5. The zero-order chi connectivity index (χ0) is 29.3. The number of piperidine rings is 1. The molecular formula is C35H31N5O3. The van der Waals surface area contributed by atoms with E-state index >= 15 is 0 Å². The molecule has 4 aromatic carbocycles. The van der Waals surface area contributed by atoms with E-state index in [0.717, 1.165) is 28.6 Å². The molecule has 214 valence electrons. The van der Waals surface area contributed by atoms with Crippen molar-refractivity contribution in [3.8, 4) is 11.3 Å². The summed E-state index contributed by atoms with van der Waals surface area (Å²) in [6.45, 7) is 0.702. The van der Waals surface area contributed by atoms with Gasteiger partial charge in [0.2, 0.25) is 5.95 Å². The first kappa shape index (κ1) is 26.6. The highest BCUT2D eigenvalue weighted by atomic mass is 16.4. The van der Waals surface area contributed by atoms with Crippen LogP contribution in [0.4, 0.5) is 22.1 Å². The number of para-hydroxylation sites is 3. The minimum absolute atomic E-state index is 0.136. The number of carboxylic acids is 1. The number of rotatable bonds is 5. The number of carboxylic acid groups (broad SMARTS) is 1. The molecular weight excluding hydrogens is 538 g/mol. The van der Waals surface area contributed by atoms with Crippen LogP contribution in [0.3, 0.4) is 0 Å². The van der Waals surface area contributed by atoms with Gasteiger partial charge in [0.1, 0.15) is 6.04 Å². The third-order valence-corrected chi connectivity index (χ3v) is 8.55. The van der Waals surface area contributed by atoms with Crippen molar-refractivity contribution in [2.45, 2.75) is 24.9 Å². The molecule has 43 heavy (non-hydrogen) atoms. The second-order valence-electron chi connectivity index (χ2n) is 11.1. The standard InChI is InChI=1S/C35H31N5O3/c41-33(42)32-25-20-21-28(23-39(32)35(43)40(26-14-6-2-7-15-26)27-16-8-3-9-17-27)38(22-25)34-36-30-19-11-10-18-29(30)31(37-34)24-12-4-1-5-13-24/h1-19,25,28,32H,20-23H2,(H,41,42)/t25-,28+,32+/m1/s1. The zero-order valence-electron chi connectivity index (χ0n) is 23.5. The van der Waals surface area contributed by atoms with Gasteiger partial charge in [-0.2, -0.15) is 0 Å². The van der Waals surface area contributed by atoms with Crippen LogP contribution in [0.2, 0.25) is 0 Å². The molecule has 3 fully saturated rings. The molecule has 0 unspecified atom stereocenters. The predicted molar refractivity (Wildman–Crippen MR) is 167 cm³/mol. The molecule has 3 atom stereocenters. The molecule has 4 heterocycles. The molecule has 8 nitrogen and oxygen atoms in total. The molecule has 8 heteroatoms. The van der Waals surface area contributed by atoms with Gasteiger partial charge in [0.05, 0.1) is 22.6 Å². The topological polar surface area (TPSA) is 89.9 Å². The van der Waals surface area contributed by atoms with Crippen molar-refractivity contribution < 1.29 is 14.7 Å². The molecule has 3 aliphatic rings. The van der Waals surface area contributed by atoms with Crippen molar-refractivity contribution >= 4 is 40.2 Å². The highest BCUT2D eigenvalue weighted by Crippen LogP contribution is 2.38. The van der Waals surface area contributed by atoms with E-state index < -0.39 is 12.0 Å². The third-order valence-electron chi connectivity index (χ3n) is 8.55. The lowest BCUT2D eigenvalue weighted by molar-refractivity contribution is -0.143. The summed E-state index contributed by atoms with van der Waals surface area (Å²) >= 11 is 0. The molecule has 0 spiro atoms. The number of benzene rings is 4. The molecule has 0 aliphatic carbocycles. The summed E-state index contributed by atoms with van der Waals surface area (Å²) < 4.78 is 0. The second-order valence-corrected chi connectivity index (χ2v) is 11.1. The van der Waals surface area contributed by atoms with E-state index in [9.17, 15) is 14.7 Å². The van der Waals surface area contributed by atoms with E-state index in [1.807, 2.05) is 115 Å². The molecule has 5 aromatic rings. The van der Waals surface area contributed by atoms with E-state index in [2.05, 4.69) is 4.90 Å². The Bertz CT molecular complexity index is 1730. The number of carbonyl (C=O) groups is 2. The third kappa shape index (κ3) is 4.95. The lowest BCUT2D eigenvalue weighted by atomic mass is 9.90. The fourth-order valence-corrected chi connectivity index (χ4v) is 6.54. The van der Waals surface area contributed by atoms with Crippen LogP contribution in [-0.4, -0.2) is 57.1 Å². The Morgan fingerprint density at radius 1 is 0.721 bits per heavy atom. The molecule has 1 aromatic heterocycles. The van der Waals surface area contributed by atoms with Crippen molar-refractivity contribution in [1.29, 1.82) is 0 Å². The van der Waals surface area contributed by atoms with Gasteiger partial charge in [0.25, 0.3) is 0 Å². The normalized spacial score (nSPS) is 19.7.